The standard InChI is InChI=1S/C4H12OSi2/c1-4-6-5-7(2)3/h7H,4H2,1-3H3. The Labute approximate surface area is 49.7 Å². The average Bonchev–Trinajstić information content (AvgIpc) is 1.61. The van der Waals surface area contributed by atoms with Crippen molar-refractivity contribution in [2.75, 3.05) is 0 Å². The molecular weight excluding hydrogens is 120 g/mol. The fourth-order valence-electron chi connectivity index (χ4n) is 0.250. The van der Waals surface area contributed by atoms with Gasteiger partial charge in [-0.05, 0) is 19.1 Å². The maximum Gasteiger partial charge on any atom is 0.214 e. The highest BCUT2D eigenvalue weighted by molar-refractivity contribution is 6.56. The van der Waals surface area contributed by atoms with Crippen molar-refractivity contribution in [3.63, 3.8) is 0 Å². The summed E-state index contributed by atoms with van der Waals surface area (Å²) < 4.78 is 5.36. The normalized spacial score (nSPS) is 10.3. The molecule has 2 radical (unpaired) electrons. The van der Waals surface area contributed by atoms with Gasteiger partial charge in [0.2, 0.25) is 9.76 Å². The number of rotatable bonds is 3. The first-order valence-electron chi connectivity index (χ1n) is 2.66. The van der Waals surface area contributed by atoms with Gasteiger partial charge in [-0.1, -0.05) is 6.92 Å². The van der Waals surface area contributed by atoms with Crippen molar-refractivity contribution in [3.8, 4) is 0 Å². The average molecular weight is 132 g/mol. The summed E-state index contributed by atoms with van der Waals surface area (Å²) in [6, 6.07) is 1.19. The lowest BCUT2D eigenvalue weighted by atomic mass is 11.0. The molecule has 0 saturated heterocycles. The molecular formula is C4H12OSi2. The molecule has 7 heavy (non-hydrogen) atoms. The third kappa shape index (κ3) is 6.39. The molecule has 3 heteroatoms. The lowest BCUT2D eigenvalue weighted by Crippen LogP contribution is -2.09. The Morgan fingerprint density at radius 3 is 2.29 bits per heavy atom. The Hall–Kier alpha value is 0.394. The summed E-state index contributed by atoms with van der Waals surface area (Å²) in [5, 5.41) is 0. The van der Waals surface area contributed by atoms with Gasteiger partial charge in [0.05, 0.1) is 0 Å². The lowest BCUT2D eigenvalue weighted by Gasteiger charge is -2.00. The highest BCUT2D eigenvalue weighted by Crippen LogP contribution is 1.82. The molecule has 0 aromatic rings. The minimum absolute atomic E-state index is 0.676. The second-order valence-electron chi connectivity index (χ2n) is 1.66. The van der Waals surface area contributed by atoms with Gasteiger partial charge in [-0.2, -0.15) is 0 Å². The minimum atomic E-state index is -0.676. The Bertz CT molecular complexity index is 38.7. The zero-order valence-corrected chi connectivity index (χ0v) is 7.35. The van der Waals surface area contributed by atoms with Crippen molar-refractivity contribution >= 4 is 18.8 Å². The van der Waals surface area contributed by atoms with E-state index in [0.717, 1.165) is 9.76 Å². The SMILES string of the molecule is CC[Si]O[SiH](C)C. The molecule has 0 aliphatic carbocycles. The van der Waals surface area contributed by atoms with E-state index in [4.69, 9.17) is 4.12 Å². The highest BCUT2D eigenvalue weighted by atomic mass is 28.3. The molecule has 0 N–H and O–H groups in total. The summed E-state index contributed by atoms with van der Waals surface area (Å²) in [4.78, 5) is 0. The predicted molar refractivity (Wildman–Crippen MR) is 36.2 cm³/mol. The van der Waals surface area contributed by atoms with Gasteiger partial charge >= 0.3 is 0 Å². The molecule has 0 fully saturated rings. The highest BCUT2D eigenvalue weighted by Gasteiger charge is 1.91. The Balaban J connectivity index is 2.68. The van der Waals surface area contributed by atoms with Crippen molar-refractivity contribution in [1.82, 2.24) is 0 Å². The molecule has 0 heterocycles. The molecule has 0 aliphatic rings. The third-order valence-corrected chi connectivity index (χ3v) is 3.30. The van der Waals surface area contributed by atoms with Crippen LogP contribution < -0.4 is 0 Å². The van der Waals surface area contributed by atoms with Crippen molar-refractivity contribution < 1.29 is 4.12 Å². The van der Waals surface area contributed by atoms with Crippen LogP contribution in [0.5, 0.6) is 0 Å². The quantitative estimate of drug-likeness (QED) is 0.521. The molecule has 1 nitrogen and oxygen atoms in total. The third-order valence-electron chi connectivity index (χ3n) is 0.463. The zero-order valence-electron chi connectivity index (χ0n) is 5.19. The van der Waals surface area contributed by atoms with E-state index in [0.29, 0.717) is 0 Å². The van der Waals surface area contributed by atoms with Crippen molar-refractivity contribution in [2.45, 2.75) is 26.1 Å². The molecule has 0 spiro atoms. The van der Waals surface area contributed by atoms with E-state index >= 15 is 0 Å². The monoisotopic (exact) mass is 132 g/mol. The van der Waals surface area contributed by atoms with Gasteiger partial charge in [-0.3, -0.25) is 0 Å². The van der Waals surface area contributed by atoms with Crippen molar-refractivity contribution in [1.29, 1.82) is 0 Å². The van der Waals surface area contributed by atoms with E-state index in [9.17, 15) is 0 Å². The minimum Gasteiger partial charge on any atom is -0.459 e. The van der Waals surface area contributed by atoms with E-state index in [-0.39, 0.29) is 0 Å². The van der Waals surface area contributed by atoms with E-state index in [1.807, 2.05) is 0 Å². The van der Waals surface area contributed by atoms with Crippen molar-refractivity contribution in [3.05, 3.63) is 0 Å². The van der Waals surface area contributed by atoms with E-state index < -0.39 is 9.04 Å². The van der Waals surface area contributed by atoms with Crippen LogP contribution in [0.4, 0.5) is 0 Å². The van der Waals surface area contributed by atoms with E-state index in [2.05, 4.69) is 20.0 Å². The Morgan fingerprint density at radius 1 is 1.57 bits per heavy atom. The molecule has 0 bridgehead atoms. The summed E-state index contributed by atoms with van der Waals surface area (Å²) in [5.41, 5.74) is 0. The topological polar surface area (TPSA) is 9.23 Å². The zero-order chi connectivity index (χ0) is 5.70. The summed E-state index contributed by atoms with van der Waals surface area (Å²) in [6.07, 6.45) is 0. The van der Waals surface area contributed by atoms with Gasteiger partial charge < -0.3 is 4.12 Å². The second-order valence-corrected chi connectivity index (χ2v) is 5.70. The first-order chi connectivity index (χ1) is 3.27. The molecule has 0 saturated carbocycles. The molecule has 0 unspecified atom stereocenters. The summed E-state index contributed by atoms with van der Waals surface area (Å²) >= 11 is 0. The second kappa shape index (κ2) is 4.55. The molecule has 0 atom stereocenters. The molecule has 0 aliphatic heterocycles. The first kappa shape index (κ1) is 7.39. The Morgan fingerprint density at radius 2 is 2.14 bits per heavy atom. The first-order valence-corrected chi connectivity index (χ1v) is 6.55. The summed E-state index contributed by atoms with van der Waals surface area (Å²) in [6.45, 7) is 6.54. The summed E-state index contributed by atoms with van der Waals surface area (Å²) in [7, 11) is 0.0811. The number of hydrogen-bond donors (Lipinski definition) is 0. The molecule has 42 valence electrons. The van der Waals surface area contributed by atoms with Crippen LogP contribution >= 0.6 is 0 Å². The van der Waals surface area contributed by atoms with Crippen LogP contribution in [0.1, 0.15) is 6.92 Å². The predicted octanol–water partition coefficient (Wildman–Crippen LogP) is 1.04. The number of hydrogen-bond acceptors (Lipinski definition) is 1. The van der Waals surface area contributed by atoms with Crippen LogP contribution in [0.15, 0.2) is 0 Å². The molecule has 0 aromatic heterocycles. The van der Waals surface area contributed by atoms with Gasteiger partial charge in [-0.15, -0.1) is 0 Å². The molecule has 0 aromatic carbocycles. The fraction of sp³-hybridized carbons (Fsp3) is 1.00. The fourth-order valence-corrected chi connectivity index (χ4v) is 2.25. The maximum atomic E-state index is 5.36. The van der Waals surface area contributed by atoms with Crippen LogP contribution in [0.2, 0.25) is 19.1 Å². The van der Waals surface area contributed by atoms with Crippen molar-refractivity contribution in [2.24, 2.45) is 0 Å². The Kier molecular flexibility index (Phi) is 4.81. The summed E-state index contributed by atoms with van der Waals surface area (Å²) in [5.74, 6) is 0. The van der Waals surface area contributed by atoms with Crippen LogP contribution in [-0.2, 0) is 4.12 Å². The maximum absolute atomic E-state index is 5.36. The van der Waals surface area contributed by atoms with Gasteiger partial charge in [0, 0.05) is 0 Å². The van der Waals surface area contributed by atoms with Crippen LogP contribution in [0, 0.1) is 0 Å². The largest absolute Gasteiger partial charge is 0.459 e. The smallest absolute Gasteiger partial charge is 0.214 e. The molecule has 0 rings (SSSR count). The lowest BCUT2D eigenvalue weighted by molar-refractivity contribution is 0.622. The van der Waals surface area contributed by atoms with Crippen LogP contribution in [-0.4, -0.2) is 18.8 Å². The van der Waals surface area contributed by atoms with Crippen LogP contribution in [0.25, 0.3) is 0 Å². The van der Waals surface area contributed by atoms with Gasteiger partial charge in [0.1, 0.15) is 0 Å². The van der Waals surface area contributed by atoms with E-state index in [1.165, 1.54) is 6.04 Å². The van der Waals surface area contributed by atoms with Gasteiger partial charge in [-0.25, -0.2) is 0 Å². The van der Waals surface area contributed by atoms with Crippen LogP contribution in [0.3, 0.4) is 0 Å². The molecule has 0 amide bonds. The van der Waals surface area contributed by atoms with Gasteiger partial charge in [0.25, 0.3) is 0 Å². The van der Waals surface area contributed by atoms with Gasteiger partial charge in [0.15, 0.2) is 9.04 Å². The van der Waals surface area contributed by atoms with E-state index in [1.54, 1.807) is 0 Å².